The van der Waals surface area contributed by atoms with Gasteiger partial charge in [0.25, 0.3) is 0 Å². The summed E-state index contributed by atoms with van der Waals surface area (Å²) >= 11 is 0. The molecule has 0 unspecified atom stereocenters. The summed E-state index contributed by atoms with van der Waals surface area (Å²) in [6.45, 7) is 0.843. The molecule has 1 atom stereocenters. The molecule has 2 rings (SSSR count). The molecule has 0 bridgehead atoms. The van der Waals surface area contributed by atoms with Crippen molar-refractivity contribution in [1.82, 2.24) is 10.2 Å². The van der Waals surface area contributed by atoms with Gasteiger partial charge in [0.1, 0.15) is 0 Å². The Hall–Kier alpha value is -0.625. The lowest BCUT2D eigenvalue weighted by Crippen LogP contribution is -2.49. The maximum atomic E-state index is 12.1. The van der Waals surface area contributed by atoms with Crippen LogP contribution in [0.4, 0.5) is 0 Å². The number of aliphatic hydroxyl groups is 1. The Morgan fingerprint density at radius 1 is 1.21 bits per heavy atom. The second kappa shape index (κ2) is 6.70. The molecule has 1 heterocycles. The van der Waals surface area contributed by atoms with E-state index in [-0.39, 0.29) is 24.6 Å². The first kappa shape index (κ1) is 14.8. The van der Waals surface area contributed by atoms with Crippen LogP contribution < -0.4 is 5.32 Å². The van der Waals surface area contributed by atoms with Gasteiger partial charge in [0.2, 0.25) is 5.91 Å². The van der Waals surface area contributed by atoms with Gasteiger partial charge in [0.15, 0.2) is 0 Å². The molecular weight excluding hydrogens is 247 g/mol. The summed E-state index contributed by atoms with van der Waals surface area (Å²) in [6.07, 6.45) is 4.63. The van der Waals surface area contributed by atoms with Gasteiger partial charge in [-0.05, 0) is 38.5 Å². The Bertz CT molecular complexity index is 308. The first-order chi connectivity index (χ1) is 9.08. The molecule has 1 amide bonds. The molecular formula is C12H23BN2O4. The first-order valence-corrected chi connectivity index (χ1v) is 7.15. The van der Waals surface area contributed by atoms with E-state index in [1.54, 1.807) is 4.90 Å². The highest BCUT2D eigenvalue weighted by Gasteiger charge is 2.36. The smallest absolute Gasteiger partial charge is 0.426 e. The Morgan fingerprint density at radius 2 is 1.89 bits per heavy atom. The number of carbonyl (C=O) groups excluding carboxylic acids is 1. The summed E-state index contributed by atoms with van der Waals surface area (Å²) in [5.41, 5.74) is 0. The molecule has 0 spiro atoms. The molecule has 0 aromatic carbocycles. The highest BCUT2D eigenvalue weighted by molar-refractivity contribution is 6.43. The molecule has 6 nitrogen and oxygen atoms in total. The number of hydrogen-bond acceptors (Lipinski definition) is 5. The lowest BCUT2D eigenvalue weighted by atomic mass is 9.78. The van der Waals surface area contributed by atoms with E-state index < -0.39 is 13.1 Å². The van der Waals surface area contributed by atoms with E-state index in [2.05, 4.69) is 5.32 Å². The largest absolute Gasteiger partial charge is 0.475 e. The fourth-order valence-electron chi connectivity index (χ4n) is 3.03. The third-order valence-electron chi connectivity index (χ3n) is 4.20. The van der Waals surface area contributed by atoms with Crippen molar-refractivity contribution in [2.24, 2.45) is 0 Å². The topological polar surface area (TPSA) is 93.0 Å². The number of rotatable bonds is 4. The predicted molar refractivity (Wildman–Crippen MR) is 71.2 cm³/mol. The number of nitrogens with zero attached hydrogens (tertiary/aromatic N) is 1. The molecule has 108 valence electrons. The summed E-state index contributed by atoms with van der Waals surface area (Å²) in [5, 5.41) is 31.1. The standard InChI is InChI=1S/C12H23BN2O4/c16-10-5-3-9(4-6-10)14-8-12(17)15-7-1-2-11(15)13(18)19/h9-11,14,16,18-19H,1-8H2/t9?,10?,11-/m0/s1. The van der Waals surface area contributed by atoms with Crippen LogP contribution in [-0.2, 0) is 4.79 Å². The predicted octanol–water partition coefficient (Wildman–Crippen LogP) is -1.12. The number of hydrogen-bond donors (Lipinski definition) is 4. The Balaban J connectivity index is 1.75. The lowest BCUT2D eigenvalue weighted by molar-refractivity contribution is -0.130. The van der Waals surface area contributed by atoms with Gasteiger partial charge in [-0.2, -0.15) is 0 Å². The second-order valence-corrected chi connectivity index (χ2v) is 5.60. The van der Waals surface area contributed by atoms with Gasteiger partial charge >= 0.3 is 7.12 Å². The van der Waals surface area contributed by atoms with Gasteiger partial charge in [-0.25, -0.2) is 0 Å². The SMILES string of the molecule is O=C(CNC1CCC(O)CC1)N1CCC[C@H]1B(O)O. The van der Waals surface area contributed by atoms with Crippen LogP contribution in [0.2, 0.25) is 0 Å². The minimum atomic E-state index is -1.45. The zero-order valence-electron chi connectivity index (χ0n) is 11.2. The summed E-state index contributed by atoms with van der Waals surface area (Å²) in [7, 11) is -1.45. The van der Waals surface area contributed by atoms with Crippen LogP contribution in [0, 0.1) is 0 Å². The molecule has 1 saturated carbocycles. The van der Waals surface area contributed by atoms with Crippen molar-refractivity contribution in [2.75, 3.05) is 13.1 Å². The van der Waals surface area contributed by atoms with Crippen molar-refractivity contribution >= 4 is 13.0 Å². The third-order valence-corrected chi connectivity index (χ3v) is 4.20. The van der Waals surface area contributed by atoms with Crippen molar-refractivity contribution in [3.8, 4) is 0 Å². The molecule has 0 aromatic heterocycles. The van der Waals surface area contributed by atoms with Crippen LogP contribution in [0.3, 0.4) is 0 Å². The maximum Gasteiger partial charge on any atom is 0.475 e. The van der Waals surface area contributed by atoms with E-state index in [4.69, 9.17) is 0 Å². The van der Waals surface area contributed by atoms with Gasteiger partial charge in [-0.3, -0.25) is 4.79 Å². The lowest BCUT2D eigenvalue weighted by Gasteiger charge is -2.28. The minimum absolute atomic E-state index is 0.0679. The van der Waals surface area contributed by atoms with Gasteiger partial charge in [-0.1, -0.05) is 0 Å². The molecule has 1 saturated heterocycles. The van der Waals surface area contributed by atoms with Crippen LogP contribution in [0.15, 0.2) is 0 Å². The zero-order chi connectivity index (χ0) is 13.8. The summed E-state index contributed by atoms with van der Waals surface area (Å²) < 4.78 is 0. The molecule has 4 N–H and O–H groups in total. The molecule has 1 aliphatic heterocycles. The highest BCUT2D eigenvalue weighted by atomic mass is 16.4. The average molecular weight is 270 g/mol. The second-order valence-electron chi connectivity index (χ2n) is 5.60. The normalized spacial score (nSPS) is 31.5. The van der Waals surface area contributed by atoms with Crippen LogP contribution in [-0.4, -0.2) is 64.3 Å². The van der Waals surface area contributed by atoms with E-state index in [9.17, 15) is 19.9 Å². The van der Waals surface area contributed by atoms with Crippen LogP contribution >= 0.6 is 0 Å². The van der Waals surface area contributed by atoms with Crippen molar-refractivity contribution < 1.29 is 19.9 Å². The quantitative estimate of drug-likeness (QED) is 0.486. The molecule has 19 heavy (non-hydrogen) atoms. The number of amides is 1. The number of likely N-dealkylation sites (tertiary alicyclic amines) is 1. The molecule has 2 aliphatic rings. The van der Waals surface area contributed by atoms with E-state index in [1.165, 1.54) is 0 Å². The van der Waals surface area contributed by atoms with Gasteiger partial charge < -0.3 is 25.4 Å². The average Bonchev–Trinajstić information content (AvgIpc) is 2.87. The molecule has 2 fully saturated rings. The Morgan fingerprint density at radius 3 is 2.53 bits per heavy atom. The van der Waals surface area contributed by atoms with Crippen molar-refractivity contribution in [3.05, 3.63) is 0 Å². The van der Waals surface area contributed by atoms with Gasteiger partial charge in [0.05, 0.1) is 18.6 Å². The summed E-state index contributed by atoms with van der Waals surface area (Å²) in [6, 6.07) is 0.285. The first-order valence-electron chi connectivity index (χ1n) is 7.15. The van der Waals surface area contributed by atoms with Crippen LogP contribution in [0.5, 0.6) is 0 Å². The van der Waals surface area contributed by atoms with Crippen molar-refractivity contribution in [1.29, 1.82) is 0 Å². The molecule has 7 heteroatoms. The Labute approximate surface area is 113 Å². The maximum absolute atomic E-state index is 12.1. The van der Waals surface area contributed by atoms with Gasteiger partial charge in [0, 0.05) is 12.6 Å². The Kier molecular flexibility index (Phi) is 5.21. The minimum Gasteiger partial charge on any atom is -0.426 e. The van der Waals surface area contributed by atoms with Crippen LogP contribution in [0.25, 0.3) is 0 Å². The van der Waals surface area contributed by atoms with Gasteiger partial charge in [-0.15, -0.1) is 0 Å². The van der Waals surface area contributed by atoms with Crippen molar-refractivity contribution in [3.63, 3.8) is 0 Å². The number of carbonyl (C=O) groups is 1. The van der Waals surface area contributed by atoms with Crippen LogP contribution in [0.1, 0.15) is 38.5 Å². The van der Waals surface area contributed by atoms with E-state index >= 15 is 0 Å². The number of nitrogens with one attached hydrogen (secondary N) is 1. The summed E-state index contributed by atoms with van der Waals surface area (Å²) in [4.78, 5) is 13.6. The third kappa shape index (κ3) is 3.92. The molecule has 0 radical (unpaired) electrons. The van der Waals surface area contributed by atoms with Crippen molar-refractivity contribution in [2.45, 2.75) is 56.6 Å². The fraction of sp³-hybridized carbons (Fsp3) is 0.917. The monoisotopic (exact) mass is 270 g/mol. The van der Waals surface area contributed by atoms with E-state index in [1.807, 2.05) is 0 Å². The van der Waals surface area contributed by atoms with E-state index in [0.29, 0.717) is 13.0 Å². The fourth-order valence-corrected chi connectivity index (χ4v) is 3.03. The summed E-state index contributed by atoms with van der Waals surface area (Å²) in [5.74, 6) is -0.524. The zero-order valence-corrected chi connectivity index (χ0v) is 11.2. The molecule has 1 aliphatic carbocycles. The molecule has 0 aromatic rings. The van der Waals surface area contributed by atoms with E-state index in [0.717, 1.165) is 32.1 Å². The number of aliphatic hydroxyl groups excluding tert-OH is 1. The highest BCUT2D eigenvalue weighted by Crippen LogP contribution is 2.20.